The van der Waals surface area contributed by atoms with Crippen molar-refractivity contribution in [3.8, 4) is 5.75 Å². The number of ketones is 1. The third-order valence-corrected chi connectivity index (χ3v) is 7.40. The summed E-state index contributed by atoms with van der Waals surface area (Å²) >= 11 is 6.21. The summed E-state index contributed by atoms with van der Waals surface area (Å²) in [5.74, 6) is -0.777. The number of amides is 1. The van der Waals surface area contributed by atoms with E-state index in [1.807, 2.05) is 58.0 Å². The number of hydrogen-bond donors (Lipinski definition) is 1. The molecule has 6 heteroatoms. The first-order valence-electron chi connectivity index (χ1n) is 13.3. The third kappa shape index (κ3) is 5.46. The first kappa shape index (κ1) is 28.4. The van der Waals surface area contributed by atoms with E-state index < -0.39 is 17.7 Å². The van der Waals surface area contributed by atoms with Crippen molar-refractivity contribution >= 4 is 34.7 Å². The lowest BCUT2D eigenvalue weighted by molar-refractivity contribution is -0.132. The monoisotopic (exact) mass is 545 g/mol. The van der Waals surface area contributed by atoms with Gasteiger partial charge >= 0.3 is 0 Å². The summed E-state index contributed by atoms with van der Waals surface area (Å²) in [6, 6.07) is 17.7. The smallest absolute Gasteiger partial charge is 0.300 e. The van der Waals surface area contributed by atoms with Crippen molar-refractivity contribution in [2.45, 2.75) is 65.8 Å². The third-order valence-electron chi connectivity index (χ3n) is 7.16. The minimum Gasteiger partial charge on any atom is -0.507 e. The molecule has 5 nitrogen and oxygen atoms in total. The van der Waals surface area contributed by atoms with Crippen molar-refractivity contribution in [1.29, 1.82) is 0 Å². The quantitative estimate of drug-likeness (QED) is 0.193. The zero-order valence-electron chi connectivity index (χ0n) is 23.6. The topological polar surface area (TPSA) is 66.8 Å². The summed E-state index contributed by atoms with van der Waals surface area (Å²) in [6.07, 6.45) is 0. The molecule has 1 unspecified atom stereocenters. The Morgan fingerprint density at radius 1 is 1.03 bits per heavy atom. The van der Waals surface area contributed by atoms with E-state index in [9.17, 15) is 14.7 Å². The molecule has 1 N–H and O–H groups in total. The zero-order valence-corrected chi connectivity index (χ0v) is 24.4. The van der Waals surface area contributed by atoms with Crippen molar-refractivity contribution in [3.63, 3.8) is 0 Å². The van der Waals surface area contributed by atoms with E-state index in [1.54, 1.807) is 30.3 Å². The van der Waals surface area contributed by atoms with Gasteiger partial charge in [-0.2, -0.15) is 0 Å². The van der Waals surface area contributed by atoms with Gasteiger partial charge in [0.25, 0.3) is 11.7 Å². The van der Waals surface area contributed by atoms with Crippen LogP contribution in [0.15, 0.2) is 66.2 Å². The number of aliphatic hydroxyl groups excluding tert-OH is 1. The molecule has 1 aliphatic heterocycles. The van der Waals surface area contributed by atoms with Crippen LogP contribution in [0.3, 0.4) is 0 Å². The predicted molar refractivity (Wildman–Crippen MR) is 158 cm³/mol. The Balaban J connectivity index is 1.95. The Hall–Kier alpha value is -3.57. The number of halogens is 1. The van der Waals surface area contributed by atoms with Gasteiger partial charge in [-0.05, 0) is 83.8 Å². The minimum atomic E-state index is -0.812. The lowest BCUT2D eigenvalue weighted by atomic mass is 9.85. The van der Waals surface area contributed by atoms with Crippen LogP contribution in [0.25, 0.3) is 5.76 Å². The lowest BCUT2D eigenvalue weighted by Gasteiger charge is -2.28. The summed E-state index contributed by atoms with van der Waals surface area (Å²) in [6.45, 7) is 14.8. The predicted octanol–water partition coefficient (Wildman–Crippen LogP) is 8.09. The van der Waals surface area contributed by atoms with E-state index in [1.165, 1.54) is 4.90 Å². The summed E-state index contributed by atoms with van der Waals surface area (Å²) in [7, 11) is 0. The van der Waals surface area contributed by atoms with Gasteiger partial charge in [0, 0.05) is 16.3 Å². The van der Waals surface area contributed by atoms with Crippen LogP contribution < -0.4 is 9.64 Å². The Bertz CT molecular complexity index is 1450. The van der Waals surface area contributed by atoms with Crippen LogP contribution in [0.2, 0.25) is 5.02 Å². The van der Waals surface area contributed by atoms with Crippen molar-refractivity contribution in [2.75, 3.05) is 11.5 Å². The second-order valence-corrected chi connectivity index (χ2v) is 11.7. The van der Waals surface area contributed by atoms with Crippen LogP contribution in [-0.2, 0) is 15.0 Å². The maximum Gasteiger partial charge on any atom is 0.300 e. The normalized spacial score (nSPS) is 17.3. The first-order valence-corrected chi connectivity index (χ1v) is 13.7. The number of anilines is 1. The maximum atomic E-state index is 13.6. The molecule has 0 aromatic heterocycles. The Kier molecular flexibility index (Phi) is 7.94. The molecule has 0 radical (unpaired) electrons. The van der Waals surface area contributed by atoms with Crippen LogP contribution in [0.4, 0.5) is 5.69 Å². The molecule has 1 aliphatic rings. The summed E-state index contributed by atoms with van der Waals surface area (Å²) in [4.78, 5) is 28.7. The van der Waals surface area contributed by atoms with Crippen LogP contribution in [-0.4, -0.2) is 23.4 Å². The highest BCUT2D eigenvalue weighted by atomic mass is 35.5. The molecule has 3 aromatic carbocycles. The number of nitrogens with zero attached hydrogens (tertiary/aromatic N) is 1. The number of aryl methyl sites for hydroxylation is 1. The number of carbonyl (C=O) groups excluding carboxylic acids is 2. The average Bonchev–Trinajstić information content (AvgIpc) is 3.13. The van der Waals surface area contributed by atoms with Crippen molar-refractivity contribution < 1.29 is 19.4 Å². The van der Waals surface area contributed by atoms with Gasteiger partial charge in [-0.25, -0.2) is 0 Å². The molecule has 0 bridgehead atoms. The minimum absolute atomic E-state index is 0.0525. The first-order chi connectivity index (χ1) is 18.3. The highest BCUT2D eigenvalue weighted by Crippen LogP contribution is 2.44. The number of rotatable bonds is 6. The van der Waals surface area contributed by atoms with E-state index >= 15 is 0 Å². The van der Waals surface area contributed by atoms with E-state index in [4.69, 9.17) is 16.3 Å². The summed E-state index contributed by atoms with van der Waals surface area (Å²) < 4.78 is 5.79. The SMILES string of the molecule is CCOc1ccc(/C(O)=C2/C(=O)C(=O)N(c3ccc(Cl)cc3C)C2c2ccc(C(C)(C)C)cc2)cc1C(C)C. The van der Waals surface area contributed by atoms with Crippen molar-refractivity contribution in [3.05, 3.63) is 99.1 Å². The summed E-state index contributed by atoms with van der Waals surface area (Å²) in [5.41, 5.74) is 4.54. The van der Waals surface area contributed by atoms with E-state index in [0.29, 0.717) is 22.9 Å². The van der Waals surface area contributed by atoms with Crippen LogP contribution >= 0.6 is 11.6 Å². The molecule has 1 saturated heterocycles. The molecule has 1 amide bonds. The largest absolute Gasteiger partial charge is 0.507 e. The van der Waals surface area contributed by atoms with Crippen molar-refractivity contribution in [1.82, 2.24) is 0 Å². The van der Waals surface area contributed by atoms with E-state index in [-0.39, 0.29) is 22.7 Å². The maximum absolute atomic E-state index is 13.6. The molecule has 0 spiro atoms. The van der Waals surface area contributed by atoms with E-state index in [2.05, 4.69) is 20.8 Å². The molecule has 204 valence electrons. The van der Waals surface area contributed by atoms with Gasteiger partial charge in [0.1, 0.15) is 11.5 Å². The van der Waals surface area contributed by atoms with E-state index in [0.717, 1.165) is 28.0 Å². The molecule has 1 fully saturated rings. The standard InChI is InChI=1S/C33H36ClNO4/c1-8-39-27-16-11-22(18-25(27)19(2)3)30(36)28-29(21-9-12-23(13-10-21)33(5,6)7)35(32(38)31(28)37)26-15-14-24(34)17-20(26)4/h9-19,29,36H,8H2,1-7H3/b30-28-. The van der Waals surface area contributed by atoms with Gasteiger partial charge in [-0.15, -0.1) is 0 Å². The molecule has 1 atom stereocenters. The molecule has 39 heavy (non-hydrogen) atoms. The van der Waals surface area contributed by atoms with Gasteiger partial charge in [0.05, 0.1) is 18.2 Å². The van der Waals surface area contributed by atoms with Crippen LogP contribution in [0.5, 0.6) is 5.75 Å². The van der Waals surface area contributed by atoms with Gasteiger partial charge in [0.2, 0.25) is 0 Å². The van der Waals surface area contributed by atoms with Crippen LogP contribution in [0.1, 0.15) is 81.3 Å². The van der Waals surface area contributed by atoms with Gasteiger partial charge in [-0.1, -0.05) is 70.5 Å². The number of hydrogen-bond acceptors (Lipinski definition) is 4. The molecular weight excluding hydrogens is 510 g/mol. The van der Waals surface area contributed by atoms with Crippen molar-refractivity contribution in [2.24, 2.45) is 0 Å². The molecule has 0 saturated carbocycles. The second kappa shape index (κ2) is 10.9. The van der Waals surface area contributed by atoms with Crippen LogP contribution in [0, 0.1) is 6.92 Å². The summed E-state index contributed by atoms with van der Waals surface area (Å²) in [5, 5.41) is 12.2. The highest BCUT2D eigenvalue weighted by Gasteiger charge is 2.47. The number of aliphatic hydroxyl groups is 1. The number of Topliss-reactive ketones (excluding diaryl/α,β-unsaturated/α-hetero) is 1. The molecule has 0 aliphatic carbocycles. The average molecular weight is 546 g/mol. The van der Waals surface area contributed by atoms with Gasteiger partial charge < -0.3 is 9.84 Å². The molecule has 4 rings (SSSR count). The Labute approximate surface area is 236 Å². The number of carbonyl (C=O) groups is 2. The molecular formula is C33H36ClNO4. The number of ether oxygens (including phenoxy) is 1. The van der Waals surface area contributed by atoms with Gasteiger partial charge in [-0.3, -0.25) is 14.5 Å². The molecule has 3 aromatic rings. The Morgan fingerprint density at radius 2 is 1.69 bits per heavy atom. The zero-order chi connectivity index (χ0) is 28.6. The second-order valence-electron chi connectivity index (χ2n) is 11.3. The Morgan fingerprint density at radius 3 is 2.26 bits per heavy atom. The van der Waals surface area contributed by atoms with Gasteiger partial charge in [0.15, 0.2) is 0 Å². The molecule has 1 heterocycles. The fraction of sp³-hybridized carbons (Fsp3) is 0.333. The lowest BCUT2D eigenvalue weighted by Crippen LogP contribution is -2.30. The fourth-order valence-corrected chi connectivity index (χ4v) is 5.27. The highest BCUT2D eigenvalue weighted by molar-refractivity contribution is 6.51. The number of benzene rings is 3. The fourth-order valence-electron chi connectivity index (χ4n) is 5.04.